The van der Waals surface area contributed by atoms with Crippen LogP contribution in [0.5, 0.6) is 5.88 Å². The number of likely N-dealkylation sites (tertiary alicyclic amines) is 1. The minimum atomic E-state index is -3.56. The Labute approximate surface area is 185 Å². The number of aromatic nitrogens is 1. The Morgan fingerprint density at radius 2 is 1.87 bits per heavy atom. The molecular formula is C23H23N3O3S2. The number of sulfonamides is 1. The summed E-state index contributed by atoms with van der Waals surface area (Å²) >= 11 is 1.44. The first-order chi connectivity index (χ1) is 15.1. The van der Waals surface area contributed by atoms with Gasteiger partial charge in [0.2, 0.25) is 15.9 Å². The fourth-order valence-electron chi connectivity index (χ4n) is 3.99. The van der Waals surface area contributed by atoms with E-state index in [0.29, 0.717) is 23.9 Å². The van der Waals surface area contributed by atoms with Crippen molar-refractivity contribution in [2.24, 2.45) is 0 Å². The molecule has 1 fully saturated rings. The Morgan fingerprint density at radius 3 is 2.77 bits per heavy atom. The largest absolute Gasteiger partial charge is 0.475 e. The van der Waals surface area contributed by atoms with Crippen LogP contribution in [0.3, 0.4) is 0 Å². The molecule has 1 atom stereocenters. The van der Waals surface area contributed by atoms with Crippen molar-refractivity contribution in [1.29, 1.82) is 0 Å². The van der Waals surface area contributed by atoms with Crippen LogP contribution in [0.2, 0.25) is 0 Å². The number of hydrogen-bond donors (Lipinski definition) is 1. The van der Waals surface area contributed by atoms with E-state index in [0.717, 1.165) is 40.4 Å². The SMILES string of the molecule is O=S(=O)(NC1CCN(CCOc2nsc3ccccc23)C1)c1ccc2ccccc2c1. The number of ether oxygens (including phenoxy) is 1. The standard InChI is InChI=1S/C23H23N3O3S2/c27-31(28,20-10-9-17-5-1-2-6-18(17)15-20)25-19-11-12-26(16-19)13-14-29-23-21-7-3-4-8-22(21)30-24-23/h1-10,15,19,25H,11-14,16H2. The summed E-state index contributed by atoms with van der Waals surface area (Å²) in [4.78, 5) is 2.53. The number of fused-ring (bicyclic) bond motifs is 2. The highest BCUT2D eigenvalue weighted by molar-refractivity contribution is 7.89. The van der Waals surface area contributed by atoms with Crippen LogP contribution in [-0.4, -0.2) is 50.0 Å². The molecule has 1 aromatic heterocycles. The lowest BCUT2D eigenvalue weighted by Gasteiger charge is -2.17. The predicted octanol–water partition coefficient (Wildman–Crippen LogP) is 3.88. The van der Waals surface area contributed by atoms with Crippen LogP contribution in [0.4, 0.5) is 0 Å². The first-order valence-electron chi connectivity index (χ1n) is 10.3. The zero-order valence-electron chi connectivity index (χ0n) is 16.9. The third-order valence-corrected chi connectivity index (χ3v) is 7.94. The van der Waals surface area contributed by atoms with Crippen LogP contribution < -0.4 is 9.46 Å². The fourth-order valence-corrected chi connectivity index (χ4v) is 6.01. The van der Waals surface area contributed by atoms with Crippen molar-refractivity contribution < 1.29 is 13.2 Å². The van der Waals surface area contributed by atoms with Gasteiger partial charge in [0.25, 0.3) is 0 Å². The molecule has 4 aromatic rings. The zero-order valence-corrected chi connectivity index (χ0v) is 18.5. The molecule has 8 heteroatoms. The van der Waals surface area contributed by atoms with Crippen molar-refractivity contribution in [2.45, 2.75) is 17.4 Å². The lowest BCUT2D eigenvalue weighted by Crippen LogP contribution is -2.37. The van der Waals surface area contributed by atoms with Gasteiger partial charge in [0.1, 0.15) is 6.61 Å². The Morgan fingerprint density at radius 1 is 1.06 bits per heavy atom. The van der Waals surface area contributed by atoms with Gasteiger partial charge in [-0.3, -0.25) is 4.90 Å². The predicted molar refractivity (Wildman–Crippen MR) is 124 cm³/mol. The van der Waals surface area contributed by atoms with Gasteiger partial charge in [-0.1, -0.05) is 42.5 Å². The molecule has 31 heavy (non-hydrogen) atoms. The Bertz CT molecular complexity index is 1320. The van der Waals surface area contributed by atoms with Gasteiger partial charge in [-0.25, -0.2) is 13.1 Å². The summed E-state index contributed by atoms with van der Waals surface area (Å²) in [5.74, 6) is 0.674. The fraction of sp³-hybridized carbons (Fsp3) is 0.261. The molecule has 160 valence electrons. The minimum absolute atomic E-state index is 0.100. The highest BCUT2D eigenvalue weighted by Gasteiger charge is 2.27. The molecule has 1 aliphatic heterocycles. The Kier molecular flexibility index (Phi) is 5.62. The van der Waals surface area contributed by atoms with Gasteiger partial charge >= 0.3 is 0 Å². The molecule has 2 heterocycles. The molecule has 0 aliphatic carbocycles. The molecule has 0 saturated carbocycles. The Hall–Kier alpha value is -2.52. The van der Waals surface area contributed by atoms with Crippen LogP contribution in [0, 0.1) is 0 Å². The first-order valence-corrected chi connectivity index (χ1v) is 12.5. The van der Waals surface area contributed by atoms with Crippen LogP contribution in [-0.2, 0) is 10.0 Å². The van der Waals surface area contributed by atoms with E-state index in [1.54, 1.807) is 12.1 Å². The third-order valence-electron chi connectivity index (χ3n) is 5.62. The summed E-state index contributed by atoms with van der Waals surface area (Å²) in [5.41, 5.74) is 0. The summed E-state index contributed by atoms with van der Waals surface area (Å²) in [5, 5.41) is 2.99. The molecule has 1 saturated heterocycles. The van der Waals surface area contributed by atoms with Gasteiger partial charge in [-0.2, -0.15) is 4.37 Å². The average molecular weight is 454 g/mol. The van der Waals surface area contributed by atoms with Crippen LogP contribution in [0.15, 0.2) is 71.6 Å². The molecular weight excluding hydrogens is 430 g/mol. The second-order valence-electron chi connectivity index (χ2n) is 7.75. The highest BCUT2D eigenvalue weighted by Crippen LogP contribution is 2.28. The average Bonchev–Trinajstić information content (AvgIpc) is 3.40. The normalized spacial score (nSPS) is 17.5. The number of nitrogens with zero attached hydrogens (tertiary/aromatic N) is 2. The van der Waals surface area contributed by atoms with E-state index in [-0.39, 0.29) is 6.04 Å². The van der Waals surface area contributed by atoms with Gasteiger partial charge in [-0.15, -0.1) is 0 Å². The van der Waals surface area contributed by atoms with Gasteiger partial charge < -0.3 is 4.74 Å². The minimum Gasteiger partial charge on any atom is -0.475 e. The maximum absolute atomic E-state index is 12.9. The van der Waals surface area contributed by atoms with E-state index < -0.39 is 10.0 Å². The summed E-state index contributed by atoms with van der Waals surface area (Å²) in [6.07, 6.45) is 0.784. The number of benzene rings is 3. The van der Waals surface area contributed by atoms with Crippen molar-refractivity contribution in [3.63, 3.8) is 0 Å². The van der Waals surface area contributed by atoms with E-state index in [4.69, 9.17) is 4.74 Å². The maximum Gasteiger partial charge on any atom is 0.240 e. The molecule has 6 nitrogen and oxygen atoms in total. The van der Waals surface area contributed by atoms with E-state index in [1.165, 1.54) is 11.5 Å². The second-order valence-corrected chi connectivity index (χ2v) is 10.3. The van der Waals surface area contributed by atoms with Crippen molar-refractivity contribution in [2.75, 3.05) is 26.2 Å². The molecule has 3 aromatic carbocycles. The smallest absolute Gasteiger partial charge is 0.240 e. The molecule has 0 spiro atoms. The molecule has 5 rings (SSSR count). The van der Waals surface area contributed by atoms with E-state index in [2.05, 4.69) is 14.0 Å². The summed E-state index contributed by atoms with van der Waals surface area (Å²) in [6.45, 7) is 2.78. The van der Waals surface area contributed by atoms with Gasteiger partial charge in [0, 0.05) is 19.1 Å². The molecule has 0 amide bonds. The van der Waals surface area contributed by atoms with Crippen LogP contribution in [0.1, 0.15) is 6.42 Å². The molecule has 0 radical (unpaired) electrons. The monoisotopic (exact) mass is 453 g/mol. The van der Waals surface area contributed by atoms with Crippen LogP contribution in [0.25, 0.3) is 20.9 Å². The van der Waals surface area contributed by atoms with Crippen molar-refractivity contribution in [1.82, 2.24) is 14.0 Å². The zero-order chi connectivity index (χ0) is 21.3. The molecule has 0 bridgehead atoms. The quantitative estimate of drug-likeness (QED) is 0.460. The van der Waals surface area contributed by atoms with E-state index in [1.807, 2.05) is 54.6 Å². The van der Waals surface area contributed by atoms with Crippen molar-refractivity contribution >= 4 is 42.4 Å². The van der Waals surface area contributed by atoms with Crippen molar-refractivity contribution in [3.8, 4) is 5.88 Å². The Balaban J connectivity index is 1.16. The molecule has 1 aliphatic rings. The van der Waals surface area contributed by atoms with Gasteiger partial charge in [-0.05, 0) is 59.5 Å². The topological polar surface area (TPSA) is 71.5 Å². The lowest BCUT2D eigenvalue weighted by atomic mass is 10.1. The third kappa shape index (κ3) is 4.43. The van der Waals surface area contributed by atoms with E-state index in [9.17, 15) is 8.42 Å². The van der Waals surface area contributed by atoms with E-state index >= 15 is 0 Å². The van der Waals surface area contributed by atoms with Crippen molar-refractivity contribution in [3.05, 3.63) is 66.7 Å². The second kappa shape index (κ2) is 8.55. The van der Waals surface area contributed by atoms with Gasteiger partial charge in [0.15, 0.2) is 0 Å². The lowest BCUT2D eigenvalue weighted by molar-refractivity contribution is 0.233. The summed E-state index contributed by atoms with van der Waals surface area (Å²) in [7, 11) is -3.56. The van der Waals surface area contributed by atoms with Gasteiger partial charge in [0.05, 0.1) is 15.0 Å². The maximum atomic E-state index is 12.9. The molecule has 1 N–H and O–H groups in total. The number of hydrogen-bond acceptors (Lipinski definition) is 6. The summed E-state index contributed by atoms with van der Waals surface area (Å²) < 4.78 is 40.0. The summed E-state index contributed by atoms with van der Waals surface area (Å²) in [6, 6.07) is 20.9. The number of rotatable bonds is 7. The van der Waals surface area contributed by atoms with Crippen LogP contribution >= 0.6 is 11.5 Å². The number of nitrogens with one attached hydrogen (secondary N) is 1. The molecule has 1 unspecified atom stereocenters. The first kappa shape index (κ1) is 20.4. The highest BCUT2D eigenvalue weighted by atomic mass is 32.2.